The Hall–Kier alpha value is -2.08. The van der Waals surface area contributed by atoms with Gasteiger partial charge in [0.1, 0.15) is 5.75 Å². The molecule has 7 N–H and O–H groups in total. The molecule has 0 heterocycles. The van der Waals surface area contributed by atoms with Gasteiger partial charge < -0.3 is 45.4 Å². The fourth-order valence-corrected chi connectivity index (χ4v) is 9.78. The van der Waals surface area contributed by atoms with Gasteiger partial charge in [0.2, 0.25) is 12.2 Å². The van der Waals surface area contributed by atoms with Crippen LogP contribution >= 0.6 is 98.4 Å². The van der Waals surface area contributed by atoms with Crippen molar-refractivity contribution in [1.29, 1.82) is 10.8 Å². The zero-order valence-electron chi connectivity index (χ0n) is 42.2. The number of aliphatic hydroxyl groups is 1. The minimum absolute atomic E-state index is 0. The number of phenols is 5. The molecule has 4 atom stereocenters. The minimum atomic E-state index is -0.470. The molecule has 5 rings (SSSR count). The topological polar surface area (TPSA) is 292 Å². The van der Waals surface area contributed by atoms with Crippen molar-refractivity contribution in [3.63, 3.8) is 0 Å². The van der Waals surface area contributed by atoms with Gasteiger partial charge in [0.15, 0.2) is 23.0 Å². The van der Waals surface area contributed by atoms with E-state index in [0.29, 0.717) is 52.0 Å². The molecule has 73 heavy (non-hydrogen) atoms. The number of ether oxygens (including phenoxy) is 2. The number of phenolic OH excluding ortho intramolecular Hbond substituents is 5. The van der Waals surface area contributed by atoms with Crippen LogP contribution in [-0.4, -0.2) is 93.8 Å². The second-order valence-electron chi connectivity index (χ2n) is 20.0. The molecule has 23 heteroatoms. The van der Waals surface area contributed by atoms with E-state index in [1.54, 1.807) is 30.4 Å². The summed E-state index contributed by atoms with van der Waals surface area (Å²) < 4.78 is 10.8. The van der Waals surface area contributed by atoms with Crippen molar-refractivity contribution < 1.29 is 72.5 Å². The Balaban J connectivity index is 0. The SMILES string of the molecule is CC1(C)CC(N=C=O)CC(C)(CN=C=O)C1.Cc1ccc(CCOC(=O)NCC2(C)CC(CC(=O)OCCc3ccc(O)c(O)c3)CC(C)(C)C2)cc1O.I.II.I[I-]I.N#N.OCCc1ccc(O)c(O)c1. The molecule has 3 aromatic rings. The van der Waals surface area contributed by atoms with Gasteiger partial charge in [-0.15, -0.1) is 24.0 Å². The smallest absolute Gasteiger partial charge is 0.157 e. The fourth-order valence-electron chi connectivity index (χ4n) is 9.78. The van der Waals surface area contributed by atoms with Gasteiger partial charge in [-0.05, 0) is 132 Å². The molecular formula is C50H70I6N5O12-. The van der Waals surface area contributed by atoms with Gasteiger partial charge in [-0.1, -0.05) is 65.8 Å². The van der Waals surface area contributed by atoms with Gasteiger partial charge in [0.25, 0.3) is 0 Å². The molecule has 410 valence electrons. The Kier molecular flexibility index (Phi) is 38.5. The zero-order valence-corrected chi connectivity index (χ0v) is 55.3. The molecule has 1 amide bonds. The Morgan fingerprint density at radius 3 is 1.68 bits per heavy atom. The third kappa shape index (κ3) is 31.1. The number of carbonyl (C=O) groups is 2. The second kappa shape index (κ2) is 38.5. The minimum Gasteiger partial charge on any atom is -0.504 e. The van der Waals surface area contributed by atoms with Crippen molar-refractivity contribution in [2.75, 3.05) is 32.9 Å². The number of hydrogen-bond acceptors (Lipinski definition) is 16. The average molecular weight is 1690 g/mol. The molecule has 4 unspecified atom stereocenters. The first-order valence-corrected chi connectivity index (χ1v) is 41.6. The van der Waals surface area contributed by atoms with E-state index in [-0.39, 0.29) is 112 Å². The predicted octanol–water partition coefficient (Wildman–Crippen LogP) is 9.46. The number of alkyl carbamates (subject to hydrolysis) is 1. The predicted molar refractivity (Wildman–Crippen MR) is 320 cm³/mol. The van der Waals surface area contributed by atoms with Crippen LogP contribution in [0.15, 0.2) is 64.6 Å². The van der Waals surface area contributed by atoms with Crippen LogP contribution in [0.4, 0.5) is 4.79 Å². The molecule has 0 saturated heterocycles. The average Bonchev–Trinajstić information content (AvgIpc) is 3.30. The van der Waals surface area contributed by atoms with Gasteiger partial charge in [0, 0.05) is 80.4 Å². The molecule has 0 bridgehead atoms. The van der Waals surface area contributed by atoms with Crippen LogP contribution in [0.5, 0.6) is 28.7 Å². The Morgan fingerprint density at radius 2 is 1.19 bits per heavy atom. The monoisotopic (exact) mass is 1690 g/mol. The molecular weight excluding hydrogens is 1620 g/mol. The van der Waals surface area contributed by atoms with Crippen molar-refractivity contribution in [3.05, 3.63) is 76.9 Å². The van der Waals surface area contributed by atoms with E-state index >= 15 is 0 Å². The third-order valence-corrected chi connectivity index (χ3v) is 11.9. The van der Waals surface area contributed by atoms with Crippen molar-refractivity contribution in [3.8, 4) is 28.7 Å². The Morgan fingerprint density at radius 1 is 0.712 bits per heavy atom. The number of isocyanates is 2. The summed E-state index contributed by atoms with van der Waals surface area (Å²) in [5.41, 5.74) is 3.17. The van der Waals surface area contributed by atoms with Crippen molar-refractivity contribution in [2.45, 2.75) is 119 Å². The van der Waals surface area contributed by atoms with Crippen LogP contribution < -0.4 is 18.6 Å². The molecule has 2 aliphatic carbocycles. The zero-order chi connectivity index (χ0) is 55.1. The number of aromatic hydroxyl groups is 5. The van der Waals surface area contributed by atoms with Crippen molar-refractivity contribution >= 4 is 123 Å². The summed E-state index contributed by atoms with van der Waals surface area (Å²) in [6.45, 7) is 16.1. The molecule has 0 radical (unpaired) electrons. The maximum absolute atomic E-state index is 12.6. The molecule has 0 spiro atoms. The number of benzene rings is 3. The van der Waals surface area contributed by atoms with Gasteiger partial charge in [-0.25, -0.2) is 24.4 Å². The Labute approximate surface area is 500 Å². The summed E-state index contributed by atoms with van der Waals surface area (Å²) in [6.07, 6.45) is 9.79. The first-order chi connectivity index (χ1) is 33.9. The number of amides is 1. The molecule has 2 aliphatic rings. The summed E-state index contributed by atoms with van der Waals surface area (Å²) in [4.78, 5) is 52.9. The third-order valence-electron chi connectivity index (χ3n) is 11.9. The van der Waals surface area contributed by atoms with Crippen LogP contribution in [0, 0.1) is 45.3 Å². The van der Waals surface area contributed by atoms with E-state index in [1.807, 2.05) is 19.1 Å². The maximum Gasteiger partial charge on any atom is 0.157 e. The first-order valence-electron chi connectivity index (χ1n) is 22.7. The number of aryl methyl sites for hydroxylation is 1. The molecule has 17 nitrogen and oxygen atoms in total. The maximum atomic E-state index is 12.6. The number of aliphatic hydroxyl groups excluding tert-OH is 1. The number of halogens is 6. The Bertz CT molecular complexity index is 2250. The number of hydrogen-bond donors (Lipinski definition) is 7. The fraction of sp³-hybridized carbons (Fsp3) is 0.560. The summed E-state index contributed by atoms with van der Waals surface area (Å²) >= 11 is 9.54. The van der Waals surface area contributed by atoms with Gasteiger partial charge in [-0.3, -0.25) is 4.79 Å². The van der Waals surface area contributed by atoms with Crippen molar-refractivity contribution in [2.24, 2.45) is 37.6 Å². The number of nitrogens with zero attached hydrogens (tertiary/aromatic N) is 4. The van der Waals surface area contributed by atoms with Gasteiger partial charge in [0.05, 0.1) is 25.8 Å². The number of rotatable bonds is 15. The van der Waals surface area contributed by atoms with E-state index < -0.39 is 6.09 Å². The van der Waals surface area contributed by atoms with Crippen molar-refractivity contribution in [1.82, 2.24) is 5.32 Å². The van der Waals surface area contributed by atoms with E-state index in [9.17, 15) is 34.5 Å². The molecule has 2 saturated carbocycles. The van der Waals surface area contributed by atoms with E-state index in [1.165, 1.54) is 24.3 Å². The number of carbonyl (C=O) groups excluding carboxylic acids is 4. The number of nitrogens with one attached hydrogen (secondary N) is 1. The quantitative estimate of drug-likeness (QED) is 0.0186. The van der Waals surface area contributed by atoms with Crippen LogP contribution in [-0.2, 0) is 43.1 Å². The normalized spacial score (nSPS) is 19.6. The van der Waals surface area contributed by atoms with Crippen LogP contribution in [0.25, 0.3) is 0 Å². The number of esters is 1. The summed E-state index contributed by atoms with van der Waals surface area (Å²) in [7, 11) is 0. The van der Waals surface area contributed by atoms with Crippen LogP contribution in [0.3, 0.4) is 0 Å². The standard InChI is InChI=1S/C30H41NO7.C12H18N2O2.C8H10O3.I3.I2.HI.N2/c1-20-5-6-21(13-25(20)33)10-12-38-28(36)31-19-30(4)17-23(16-29(2,3)18-30)15-27(35)37-11-9-22-7-8-24(32)26(34)14-22;1-11(2)4-10(14-9-16)5-12(3,6-11)7-13-8-15;9-4-3-6-1-2-7(10)8(11)5-6;1-3-2;1-2;;1-2/h5-8,13-14,23,32-34H,9-12,15-19H2,1-4H3,(H,31,36);10H,4-7H2,1-3H3;1-2,5,9-11H,3-4H2;;;1H;/q;;;-1;;;. The van der Waals surface area contributed by atoms with Gasteiger partial charge >= 0.3 is 62.5 Å². The van der Waals surface area contributed by atoms with Crippen LogP contribution in [0.1, 0.15) is 109 Å². The largest absolute Gasteiger partial charge is 0.504 e. The summed E-state index contributed by atoms with van der Waals surface area (Å²) in [6, 6.07) is 14.5. The summed E-state index contributed by atoms with van der Waals surface area (Å²) in [5, 5.41) is 70.2. The molecule has 3 aromatic carbocycles. The van der Waals surface area contributed by atoms with E-state index in [4.69, 9.17) is 35.6 Å². The summed E-state index contributed by atoms with van der Waals surface area (Å²) in [5.74, 6) is -0.534. The van der Waals surface area contributed by atoms with E-state index in [0.717, 1.165) is 60.8 Å². The van der Waals surface area contributed by atoms with Gasteiger partial charge in [-0.2, -0.15) is 0 Å². The van der Waals surface area contributed by atoms with Crippen LogP contribution in [0.2, 0.25) is 0 Å². The molecule has 2 fully saturated rings. The molecule has 0 aliphatic heterocycles. The number of aliphatic imine (C=N–C) groups is 2. The second-order valence-corrected chi connectivity index (χ2v) is 36.2. The molecule has 0 aromatic heterocycles. The first kappa shape index (κ1) is 73.0. The van der Waals surface area contributed by atoms with E-state index in [2.05, 4.69) is 131 Å².